The summed E-state index contributed by atoms with van der Waals surface area (Å²) in [6.45, 7) is 3.20. The van der Waals surface area contributed by atoms with Crippen LogP contribution in [0.25, 0.3) is 0 Å². The van der Waals surface area contributed by atoms with Crippen molar-refractivity contribution < 1.29 is 4.84 Å². The van der Waals surface area contributed by atoms with Crippen molar-refractivity contribution in [2.45, 2.75) is 26.2 Å². The minimum absolute atomic E-state index is 0.799. The van der Waals surface area contributed by atoms with Gasteiger partial charge in [0.1, 0.15) is 0 Å². The first-order valence-corrected chi connectivity index (χ1v) is 4.13. The third-order valence-corrected chi connectivity index (χ3v) is 2.48. The van der Waals surface area contributed by atoms with E-state index in [1.165, 1.54) is 19.3 Å². The minimum atomic E-state index is 0.799. The molecule has 0 bridgehead atoms. The second kappa shape index (κ2) is 3.94. The first-order valence-electron chi connectivity index (χ1n) is 4.13. The lowest BCUT2D eigenvalue weighted by Gasteiger charge is -2.13. The molecule has 1 aliphatic rings. The van der Waals surface area contributed by atoms with Crippen LogP contribution in [0.1, 0.15) is 26.2 Å². The summed E-state index contributed by atoms with van der Waals surface area (Å²) in [5, 5.41) is 0. The Morgan fingerprint density at radius 2 is 2.30 bits per heavy atom. The molecular weight excluding hydrogens is 126 g/mol. The third kappa shape index (κ3) is 1.96. The Balaban J connectivity index is 2.14. The van der Waals surface area contributed by atoms with Crippen LogP contribution in [-0.4, -0.2) is 13.7 Å². The summed E-state index contributed by atoms with van der Waals surface area (Å²) in [4.78, 5) is 5.14. The Bertz CT molecular complexity index is 95.3. The summed E-state index contributed by atoms with van der Waals surface area (Å²) in [6, 6.07) is 0. The van der Waals surface area contributed by atoms with Crippen molar-refractivity contribution in [1.82, 2.24) is 5.48 Å². The Morgan fingerprint density at radius 1 is 1.50 bits per heavy atom. The summed E-state index contributed by atoms with van der Waals surface area (Å²) in [7, 11) is 1.82. The molecule has 1 aliphatic carbocycles. The molecule has 0 aromatic heterocycles. The molecule has 60 valence electrons. The summed E-state index contributed by atoms with van der Waals surface area (Å²) in [6.07, 6.45) is 4.12. The third-order valence-electron chi connectivity index (χ3n) is 2.48. The van der Waals surface area contributed by atoms with Crippen molar-refractivity contribution in [2.24, 2.45) is 11.8 Å². The van der Waals surface area contributed by atoms with Gasteiger partial charge in [-0.3, -0.25) is 0 Å². The molecule has 0 spiro atoms. The second-order valence-corrected chi connectivity index (χ2v) is 3.18. The maximum Gasteiger partial charge on any atom is 0.0712 e. The Labute approximate surface area is 62.9 Å². The lowest BCUT2D eigenvalue weighted by molar-refractivity contribution is 0.0244. The number of nitrogens with one attached hydrogen (secondary N) is 1. The zero-order valence-electron chi connectivity index (χ0n) is 6.89. The van der Waals surface area contributed by atoms with Crippen molar-refractivity contribution in [2.75, 3.05) is 13.7 Å². The van der Waals surface area contributed by atoms with Crippen molar-refractivity contribution in [3.63, 3.8) is 0 Å². The molecule has 2 atom stereocenters. The number of hydrogen-bond donors (Lipinski definition) is 1. The first kappa shape index (κ1) is 8.02. The van der Waals surface area contributed by atoms with E-state index in [9.17, 15) is 0 Å². The summed E-state index contributed by atoms with van der Waals surface area (Å²) >= 11 is 0. The van der Waals surface area contributed by atoms with Gasteiger partial charge in [0.2, 0.25) is 0 Å². The van der Waals surface area contributed by atoms with Crippen LogP contribution in [0.3, 0.4) is 0 Å². The molecule has 0 aromatic rings. The van der Waals surface area contributed by atoms with Crippen LogP contribution in [0.4, 0.5) is 0 Å². The van der Waals surface area contributed by atoms with Crippen LogP contribution in [0, 0.1) is 11.8 Å². The Hall–Kier alpha value is -0.0800. The topological polar surface area (TPSA) is 21.3 Å². The fourth-order valence-electron chi connectivity index (χ4n) is 1.66. The van der Waals surface area contributed by atoms with Gasteiger partial charge in [0.15, 0.2) is 0 Å². The van der Waals surface area contributed by atoms with E-state index in [1.807, 2.05) is 7.05 Å². The van der Waals surface area contributed by atoms with Crippen LogP contribution in [0.2, 0.25) is 0 Å². The zero-order valence-corrected chi connectivity index (χ0v) is 6.89. The predicted molar refractivity (Wildman–Crippen MR) is 41.5 cm³/mol. The molecule has 1 fully saturated rings. The van der Waals surface area contributed by atoms with E-state index in [-0.39, 0.29) is 0 Å². The van der Waals surface area contributed by atoms with Gasteiger partial charge in [0.25, 0.3) is 0 Å². The van der Waals surface area contributed by atoms with E-state index in [0.29, 0.717) is 0 Å². The van der Waals surface area contributed by atoms with Gasteiger partial charge >= 0.3 is 0 Å². The molecule has 0 radical (unpaired) electrons. The molecule has 10 heavy (non-hydrogen) atoms. The maximum atomic E-state index is 5.14. The van der Waals surface area contributed by atoms with Crippen LogP contribution >= 0.6 is 0 Å². The molecule has 1 saturated carbocycles. The Kier molecular flexibility index (Phi) is 3.16. The van der Waals surface area contributed by atoms with Crippen molar-refractivity contribution in [3.8, 4) is 0 Å². The van der Waals surface area contributed by atoms with Crippen molar-refractivity contribution in [1.29, 1.82) is 0 Å². The van der Waals surface area contributed by atoms with E-state index in [4.69, 9.17) is 4.84 Å². The summed E-state index contributed by atoms with van der Waals surface area (Å²) in [5.41, 5.74) is 2.72. The smallest absolute Gasteiger partial charge is 0.0712 e. The highest BCUT2D eigenvalue weighted by Gasteiger charge is 2.22. The molecule has 1 N–H and O–H groups in total. The van der Waals surface area contributed by atoms with Gasteiger partial charge in [-0.05, 0) is 18.3 Å². The summed E-state index contributed by atoms with van der Waals surface area (Å²) < 4.78 is 0. The molecule has 0 aliphatic heterocycles. The lowest BCUT2D eigenvalue weighted by atomic mass is 10.00. The van der Waals surface area contributed by atoms with Gasteiger partial charge in [0, 0.05) is 7.05 Å². The average Bonchev–Trinajstić information content (AvgIpc) is 2.31. The maximum absolute atomic E-state index is 5.14. The van der Waals surface area contributed by atoms with Crippen LogP contribution in [-0.2, 0) is 4.84 Å². The highest BCUT2D eigenvalue weighted by molar-refractivity contribution is 4.73. The van der Waals surface area contributed by atoms with Gasteiger partial charge in [0.05, 0.1) is 6.61 Å². The quantitative estimate of drug-likeness (QED) is 0.605. The fourth-order valence-corrected chi connectivity index (χ4v) is 1.66. The highest BCUT2D eigenvalue weighted by Crippen LogP contribution is 2.30. The van der Waals surface area contributed by atoms with Crippen LogP contribution in [0.15, 0.2) is 0 Å². The SMILES string of the molecule is CNOCC1CCC[C@@H]1C. The molecule has 1 rings (SSSR count). The predicted octanol–water partition coefficient (Wildman–Crippen LogP) is 1.57. The van der Waals surface area contributed by atoms with E-state index in [1.54, 1.807) is 0 Å². The van der Waals surface area contributed by atoms with E-state index in [2.05, 4.69) is 12.4 Å². The first-order chi connectivity index (χ1) is 4.84. The Morgan fingerprint density at radius 3 is 2.80 bits per heavy atom. The monoisotopic (exact) mass is 143 g/mol. The van der Waals surface area contributed by atoms with Gasteiger partial charge in [-0.2, -0.15) is 0 Å². The molecular formula is C8H17NO. The van der Waals surface area contributed by atoms with Gasteiger partial charge in [-0.25, -0.2) is 5.48 Å². The van der Waals surface area contributed by atoms with Gasteiger partial charge in [-0.15, -0.1) is 0 Å². The molecule has 0 saturated heterocycles. The minimum Gasteiger partial charge on any atom is -0.302 e. The normalized spacial score (nSPS) is 33.0. The fraction of sp³-hybridized carbons (Fsp3) is 1.00. The molecule has 1 unspecified atom stereocenters. The highest BCUT2D eigenvalue weighted by atomic mass is 16.6. The number of hydroxylamine groups is 1. The molecule has 2 heteroatoms. The second-order valence-electron chi connectivity index (χ2n) is 3.18. The summed E-state index contributed by atoms with van der Waals surface area (Å²) in [5.74, 6) is 1.67. The molecule has 2 nitrogen and oxygen atoms in total. The van der Waals surface area contributed by atoms with E-state index in [0.717, 1.165) is 18.4 Å². The van der Waals surface area contributed by atoms with Crippen molar-refractivity contribution >= 4 is 0 Å². The van der Waals surface area contributed by atoms with E-state index >= 15 is 0 Å². The van der Waals surface area contributed by atoms with Gasteiger partial charge in [-0.1, -0.05) is 19.8 Å². The molecule has 0 amide bonds. The molecule has 0 aromatic carbocycles. The van der Waals surface area contributed by atoms with Crippen LogP contribution in [0.5, 0.6) is 0 Å². The molecule has 0 heterocycles. The van der Waals surface area contributed by atoms with E-state index < -0.39 is 0 Å². The average molecular weight is 143 g/mol. The number of rotatable bonds is 3. The standard InChI is InChI=1S/C8H17NO/c1-7-4-3-5-8(7)6-10-9-2/h7-9H,3-6H2,1-2H3/t7-,8?/m0/s1. The van der Waals surface area contributed by atoms with Crippen LogP contribution < -0.4 is 5.48 Å². The van der Waals surface area contributed by atoms with Crippen molar-refractivity contribution in [3.05, 3.63) is 0 Å². The number of hydrogen-bond acceptors (Lipinski definition) is 2. The largest absolute Gasteiger partial charge is 0.302 e. The zero-order chi connectivity index (χ0) is 7.40. The van der Waals surface area contributed by atoms with Gasteiger partial charge < -0.3 is 4.84 Å². The lowest BCUT2D eigenvalue weighted by Crippen LogP contribution is -2.17.